The van der Waals surface area contributed by atoms with Gasteiger partial charge in [0.15, 0.2) is 0 Å². The van der Waals surface area contributed by atoms with Gasteiger partial charge in [0.2, 0.25) is 0 Å². The predicted molar refractivity (Wildman–Crippen MR) is 187 cm³/mol. The number of benzene rings is 4. The van der Waals surface area contributed by atoms with E-state index in [4.69, 9.17) is 19.4 Å². The Bertz CT molecular complexity index is 1480. The molecule has 0 amide bonds. The fourth-order valence-electron chi connectivity index (χ4n) is 6.23. The Balaban J connectivity index is 0.000000199. The minimum Gasteiger partial charge on any atom is -0.502 e. The van der Waals surface area contributed by atoms with Gasteiger partial charge in [-0.2, -0.15) is 6.67 Å². The first-order chi connectivity index (χ1) is 20.4. The summed E-state index contributed by atoms with van der Waals surface area (Å²) in [6, 6.07) is 25.8. The molecule has 1 fully saturated rings. The summed E-state index contributed by atoms with van der Waals surface area (Å²) in [7, 11) is 12.1. The van der Waals surface area contributed by atoms with Crippen LogP contribution < -0.4 is 9.80 Å². The molecule has 0 N–H and O–H groups in total. The molecule has 0 spiro atoms. The molecule has 0 atom stereocenters. The fourth-order valence-corrected chi connectivity index (χ4v) is 8.06. The molecule has 43 heavy (non-hydrogen) atoms. The maximum Gasteiger partial charge on any atom is 0.0146 e. The predicted octanol–water partition coefficient (Wildman–Crippen LogP) is 10.6. The van der Waals surface area contributed by atoms with Gasteiger partial charge in [-0.3, -0.25) is 0 Å². The second kappa shape index (κ2) is 14.9. The summed E-state index contributed by atoms with van der Waals surface area (Å²) in [5.74, 6) is 0.471. The Morgan fingerprint density at radius 2 is 1.21 bits per heavy atom. The molecule has 0 bridgehead atoms. The molecule has 1 aliphatic rings. The van der Waals surface area contributed by atoms with Crippen LogP contribution in [0.5, 0.6) is 0 Å². The molecule has 1 heterocycles. The van der Waals surface area contributed by atoms with Gasteiger partial charge in [0.25, 0.3) is 0 Å². The Kier molecular flexibility index (Phi) is 11.6. The number of rotatable bonds is 6. The van der Waals surface area contributed by atoms with Crippen molar-refractivity contribution in [1.29, 1.82) is 0 Å². The molecule has 0 aromatic heterocycles. The standard InChI is InChI=1S/C21H27N2.C17H17.2ClH.Ru/c1-14-9-16(3)20(17(4)10-14)22-7-8-23(13-22)21-18(5)11-15(2)12-19(21)6;1-13(2)12-17-14(3)8-7-11-16(17)15-9-5-4-6-10-15;;;/h9-13H,7-8H2,1-6H3;3-13H,1-2H3;2*1H;/q-1;+1;;;+2/p-2. The summed E-state index contributed by atoms with van der Waals surface area (Å²) in [6.45, 7) is 21.9. The molecule has 2 nitrogen and oxygen atoms in total. The van der Waals surface area contributed by atoms with Gasteiger partial charge >= 0.3 is 134 Å². The van der Waals surface area contributed by atoms with Gasteiger partial charge in [0, 0.05) is 24.5 Å². The van der Waals surface area contributed by atoms with Crippen molar-refractivity contribution in [3.63, 3.8) is 0 Å². The number of halogens is 2. The Morgan fingerprint density at radius 3 is 1.65 bits per heavy atom. The Hall–Kier alpha value is -2.58. The van der Waals surface area contributed by atoms with E-state index in [1.54, 1.807) is 0 Å². The first-order valence-corrected chi connectivity index (χ1v) is 20.3. The molecule has 0 aliphatic carbocycles. The Labute approximate surface area is 273 Å². The fraction of sp³-hybridized carbons (Fsp3) is 0.289. The summed E-state index contributed by atoms with van der Waals surface area (Å²) in [4.78, 5) is 4.81. The van der Waals surface area contributed by atoms with Gasteiger partial charge in [-0.05, 0) is 63.8 Å². The number of hydrogen-bond acceptors (Lipinski definition) is 2. The topological polar surface area (TPSA) is 6.48 Å². The van der Waals surface area contributed by atoms with Crippen LogP contribution in [0, 0.1) is 60.5 Å². The normalized spacial score (nSPS) is 13.1. The summed E-state index contributed by atoms with van der Waals surface area (Å²) in [5.41, 5.74) is 15.7. The zero-order valence-corrected chi connectivity index (χ0v) is 29.9. The van der Waals surface area contributed by atoms with E-state index in [-0.39, 0.29) is 0 Å². The summed E-state index contributed by atoms with van der Waals surface area (Å²) < 4.78 is 2.02. The molecule has 4 aromatic carbocycles. The average Bonchev–Trinajstić information content (AvgIpc) is 3.37. The van der Waals surface area contributed by atoms with Crippen LogP contribution in [-0.2, 0) is 13.5 Å². The van der Waals surface area contributed by atoms with Crippen LogP contribution in [0.4, 0.5) is 11.4 Å². The number of aryl methyl sites for hydroxylation is 6. The zero-order chi connectivity index (χ0) is 31.3. The summed E-state index contributed by atoms with van der Waals surface area (Å²) in [5, 5.41) is 0. The SMILES string of the molecule is CC(C)[CH+]c1c([CH]=[Ru]([Cl])[Cl])cccc1-c1ccccc1.Cc1cc(C)c(N2[CH-]N(c3c(C)cc(C)cc3C)CC2)c(C)c1. The maximum atomic E-state index is 6.06. The average molecular weight is 701 g/mol. The minimum atomic E-state index is -1.83. The minimum absolute atomic E-state index is 0.471. The van der Waals surface area contributed by atoms with Gasteiger partial charge in [-0.15, -0.1) is 0 Å². The van der Waals surface area contributed by atoms with Gasteiger partial charge in [0.1, 0.15) is 0 Å². The quantitative estimate of drug-likeness (QED) is 0.146. The monoisotopic (exact) mass is 700 g/mol. The van der Waals surface area contributed by atoms with E-state index >= 15 is 0 Å². The van der Waals surface area contributed by atoms with E-state index in [9.17, 15) is 0 Å². The third kappa shape index (κ3) is 8.54. The van der Waals surface area contributed by atoms with Crippen molar-refractivity contribution in [2.45, 2.75) is 55.4 Å². The number of anilines is 2. The molecule has 1 saturated heterocycles. The number of nitrogens with zero attached hydrogens (tertiary/aromatic N) is 2. The third-order valence-electron chi connectivity index (χ3n) is 7.62. The molecule has 1 aliphatic heterocycles. The molecule has 0 saturated carbocycles. The molecule has 0 radical (unpaired) electrons. The van der Waals surface area contributed by atoms with Crippen molar-refractivity contribution in [3.05, 3.63) is 130 Å². The molecule has 5 heteroatoms. The van der Waals surface area contributed by atoms with Crippen molar-refractivity contribution in [2.24, 2.45) is 5.92 Å². The smallest absolute Gasteiger partial charge is 0.0146 e. The second-order valence-corrected chi connectivity index (χ2v) is 17.6. The van der Waals surface area contributed by atoms with Crippen LogP contribution in [-0.4, -0.2) is 17.7 Å². The summed E-state index contributed by atoms with van der Waals surface area (Å²) in [6.07, 6.45) is 2.28. The first kappa shape index (κ1) is 33.3. The van der Waals surface area contributed by atoms with Gasteiger partial charge in [-0.1, -0.05) is 35.4 Å². The van der Waals surface area contributed by atoms with Gasteiger partial charge in [0.05, 0.1) is 0 Å². The van der Waals surface area contributed by atoms with Crippen LogP contribution in [0.3, 0.4) is 0 Å². The molecular formula is C38H44Cl2N2Ru. The maximum absolute atomic E-state index is 6.06. The third-order valence-corrected chi connectivity index (χ3v) is 9.45. The second-order valence-electron chi connectivity index (χ2n) is 11.9. The van der Waals surface area contributed by atoms with E-state index < -0.39 is 13.5 Å². The van der Waals surface area contributed by atoms with Gasteiger partial charge < -0.3 is 9.80 Å². The van der Waals surface area contributed by atoms with Crippen molar-refractivity contribution >= 4 is 35.4 Å². The van der Waals surface area contributed by atoms with E-state index in [1.165, 1.54) is 61.4 Å². The molecule has 4 aromatic rings. The zero-order valence-electron chi connectivity index (χ0n) is 26.7. The number of hydrogen-bond donors (Lipinski definition) is 0. The molecule has 228 valence electrons. The van der Waals surface area contributed by atoms with Crippen LogP contribution in [0.2, 0.25) is 0 Å². The van der Waals surface area contributed by atoms with Crippen molar-refractivity contribution in [2.75, 3.05) is 22.9 Å². The first-order valence-electron chi connectivity index (χ1n) is 14.8. The van der Waals surface area contributed by atoms with Crippen molar-refractivity contribution in [3.8, 4) is 11.1 Å². The van der Waals surface area contributed by atoms with Crippen molar-refractivity contribution in [1.82, 2.24) is 0 Å². The van der Waals surface area contributed by atoms with Crippen LogP contribution in [0.1, 0.15) is 58.4 Å². The van der Waals surface area contributed by atoms with E-state index in [0.29, 0.717) is 5.92 Å². The van der Waals surface area contributed by atoms with Crippen LogP contribution in [0.15, 0.2) is 72.8 Å². The summed E-state index contributed by atoms with van der Waals surface area (Å²) >= 11 is -1.83. The van der Waals surface area contributed by atoms with Crippen molar-refractivity contribution < 1.29 is 13.5 Å². The largest absolute Gasteiger partial charge is 0.502 e. The van der Waals surface area contributed by atoms with E-state index in [1.807, 2.05) is 10.7 Å². The van der Waals surface area contributed by atoms with Crippen LogP contribution in [0.25, 0.3) is 11.1 Å². The molecule has 0 unspecified atom stereocenters. The van der Waals surface area contributed by atoms with E-state index in [2.05, 4.69) is 145 Å². The van der Waals surface area contributed by atoms with Crippen LogP contribution >= 0.6 is 19.4 Å². The Morgan fingerprint density at radius 1 is 0.721 bits per heavy atom. The molecular weight excluding hydrogens is 656 g/mol. The van der Waals surface area contributed by atoms with E-state index in [0.717, 1.165) is 18.7 Å². The molecule has 5 rings (SSSR count). The van der Waals surface area contributed by atoms with Gasteiger partial charge in [-0.25, -0.2) is 0 Å².